The molecular formula is C13H22N4S. The highest BCUT2D eigenvalue weighted by Gasteiger charge is 2.29. The van der Waals surface area contributed by atoms with Crippen molar-refractivity contribution in [1.29, 1.82) is 0 Å². The summed E-state index contributed by atoms with van der Waals surface area (Å²) in [6.07, 6.45) is 3.64. The first-order valence-electron chi connectivity index (χ1n) is 6.90. The maximum atomic E-state index is 5.97. The third-order valence-electron chi connectivity index (χ3n) is 4.21. The van der Waals surface area contributed by atoms with Crippen LogP contribution in [0.5, 0.6) is 0 Å². The number of hydrogen-bond donors (Lipinski definition) is 1. The van der Waals surface area contributed by atoms with Gasteiger partial charge in [-0.2, -0.15) is 0 Å². The van der Waals surface area contributed by atoms with Crippen molar-refractivity contribution in [2.24, 2.45) is 5.73 Å². The zero-order valence-electron chi connectivity index (χ0n) is 10.8. The Morgan fingerprint density at radius 3 is 2.83 bits per heavy atom. The van der Waals surface area contributed by atoms with Crippen molar-refractivity contribution in [2.45, 2.75) is 37.9 Å². The van der Waals surface area contributed by atoms with Gasteiger partial charge in [0.05, 0.1) is 11.2 Å². The van der Waals surface area contributed by atoms with E-state index in [1.54, 1.807) is 11.3 Å². The molecule has 0 bridgehead atoms. The molecule has 1 atom stereocenters. The quantitative estimate of drug-likeness (QED) is 0.891. The molecule has 0 spiro atoms. The Morgan fingerprint density at radius 2 is 2.11 bits per heavy atom. The van der Waals surface area contributed by atoms with E-state index in [9.17, 15) is 0 Å². The molecule has 4 nitrogen and oxygen atoms in total. The first kappa shape index (κ1) is 12.5. The van der Waals surface area contributed by atoms with Gasteiger partial charge in [0.2, 0.25) is 0 Å². The average molecular weight is 266 g/mol. The van der Waals surface area contributed by atoms with Gasteiger partial charge >= 0.3 is 0 Å². The monoisotopic (exact) mass is 266 g/mol. The third kappa shape index (κ3) is 2.91. The van der Waals surface area contributed by atoms with Crippen LogP contribution in [0.4, 0.5) is 0 Å². The fourth-order valence-corrected chi connectivity index (χ4v) is 3.63. The van der Waals surface area contributed by atoms with E-state index >= 15 is 0 Å². The topological polar surface area (TPSA) is 45.4 Å². The van der Waals surface area contributed by atoms with Crippen molar-refractivity contribution >= 4 is 11.3 Å². The molecule has 3 rings (SSSR count). The minimum absolute atomic E-state index is 0.439. The summed E-state index contributed by atoms with van der Waals surface area (Å²) in [5.41, 5.74) is 9.12. The lowest BCUT2D eigenvalue weighted by molar-refractivity contribution is 0.151. The minimum atomic E-state index is 0.439. The molecular weight excluding hydrogens is 244 g/mol. The van der Waals surface area contributed by atoms with Crippen LogP contribution in [0.3, 0.4) is 0 Å². The Balaban J connectivity index is 1.49. The van der Waals surface area contributed by atoms with E-state index in [1.165, 1.54) is 51.1 Å². The van der Waals surface area contributed by atoms with Crippen molar-refractivity contribution in [3.05, 3.63) is 16.6 Å². The molecule has 0 saturated carbocycles. The van der Waals surface area contributed by atoms with Crippen LogP contribution in [-0.2, 0) is 6.54 Å². The van der Waals surface area contributed by atoms with Gasteiger partial charge < -0.3 is 5.73 Å². The van der Waals surface area contributed by atoms with E-state index in [1.807, 2.05) is 5.51 Å². The highest BCUT2D eigenvalue weighted by atomic mass is 32.1. The molecule has 0 aliphatic carbocycles. The van der Waals surface area contributed by atoms with Crippen LogP contribution >= 0.6 is 11.3 Å². The van der Waals surface area contributed by atoms with E-state index < -0.39 is 0 Å². The molecule has 0 aromatic carbocycles. The van der Waals surface area contributed by atoms with Crippen LogP contribution in [0, 0.1) is 0 Å². The van der Waals surface area contributed by atoms with Gasteiger partial charge in [-0.15, -0.1) is 11.3 Å². The predicted molar refractivity (Wildman–Crippen MR) is 74.6 cm³/mol. The highest BCUT2D eigenvalue weighted by Crippen LogP contribution is 2.21. The molecule has 2 fully saturated rings. The summed E-state index contributed by atoms with van der Waals surface area (Å²) < 4.78 is 0. The van der Waals surface area contributed by atoms with Gasteiger partial charge in [-0.25, -0.2) is 4.98 Å². The summed E-state index contributed by atoms with van der Waals surface area (Å²) in [6.45, 7) is 5.82. The van der Waals surface area contributed by atoms with Crippen molar-refractivity contribution in [3.63, 3.8) is 0 Å². The average Bonchev–Trinajstić information content (AvgIpc) is 3.02. The molecule has 0 amide bonds. The molecule has 2 aliphatic heterocycles. The van der Waals surface area contributed by atoms with Crippen molar-refractivity contribution in [3.8, 4) is 0 Å². The number of nitrogens with zero attached hydrogens (tertiary/aromatic N) is 3. The van der Waals surface area contributed by atoms with Crippen LogP contribution in [0.15, 0.2) is 10.9 Å². The van der Waals surface area contributed by atoms with E-state index in [0.717, 1.165) is 12.6 Å². The lowest BCUT2D eigenvalue weighted by Gasteiger charge is -2.34. The molecule has 2 N–H and O–H groups in total. The molecule has 2 aliphatic rings. The largest absolute Gasteiger partial charge is 0.328 e. The van der Waals surface area contributed by atoms with E-state index in [0.29, 0.717) is 6.04 Å². The minimum Gasteiger partial charge on any atom is -0.328 e. The van der Waals surface area contributed by atoms with Crippen LogP contribution in [0.2, 0.25) is 0 Å². The number of thiazole rings is 1. The zero-order chi connectivity index (χ0) is 12.4. The third-order valence-corrected chi connectivity index (χ3v) is 4.84. The summed E-state index contributed by atoms with van der Waals surface area (Å²) in [4.78, 5) is 9.55. The maximum absolute atomic E-state index is 5.97. The van der Waals surface area contributed by atoms with E-state index in [-0.39, 0.29) is 0 Å². The van der Waals surface area contributed by atoms with Crippen molar-refractivity contribution in [1.82, 2.24) is 14.8 Å². The number of rotatable bonds is 3. The summed E-state index contributed by atoms with van der Waals surface area (Å²) >= 11 is 1.69. The number of nitrogens with two attached hydrogens (primary N) is 1. The molecule has 100 valence electrons. The van der Waals surface area contributed by atoms with Gasteiger partial charge in [-0.3, -0.25) is 9.80 Å². The lowest BCUT2D eigenvalue weighted by Crippen LogP contribution is -2.46. The fraction of sp³-hybridized carbons (Fsp3) is 0.769. The summed E-state index contributed by atoms with van der Waals surface area (Å²) in [7, 11) is 0. The van der Waals surface area contributed by atoms with Crippen molar-refractivity contribution < 1.29 is 0 Å². The molecule has 18 heavy (non-hydrogen) atoms. The second kappa shape index (κ2) is 5.65. The Morgan fingerprint density at radius 1 is 1.28 bits per heavy atom. The van der Waals surface area contributed by atoms with Gasteiger partial charge in [-0.1, -0.05) is 0 Å². The van der Waals surface area contributed by atoms with Crippen molar-refractivity contribution in [2.75, 3.05) is 26.2 Å². The summed E-state index contributed by atoms with van der Waals surface area (Å²) in [6, 6.07) is 1.19. The van der Waals surface area contributed by atoms with Gasteiger partial charge in [0.25, 0.3) is 0 Å². The van der Waals surface area contributed by atoms with Gasteiger partial charge in [0, 0.05) is 37.1 Å². The number of likely N-dealkylation sites (tertiary alicyclic amines) is 2. The predicted octanol–water partition coefficient (Wildman–Crippen LogP) is 1.14. The fourth-order valence-electron chi connectivity index (χ4n) is 3.08. The normalized spacial score (nSPS) is 27.9. The van der Waals surface area contributed by atoms with Crippen LogP contribution in [-0.4, -0.2) is 53.0 Å². The zero-order valence-corrected chi connectivity index (χ0v) is 11.6. The maximum Gasteiger partial charge on any atom is 0.0795 e. The number of hydrogen-bond acceptors (Lipinski definition) is 5. The number of piperidine rings is 1. The standard InChI is InChI=1S/C13H22N4S/c14-11-1-5-17(6-2-11)13-3-4-16(8-13)7-12-9-18-10-15-12/h9-11,13H,1-8,14H2. The van der Waals surface area contributed by atoms with E-state index in [4.69, 9.17) is 5.73 Å². The van der Waals surface area contributed by atoms with Gasteiger partial charge in [0.15, 0.2) is 0 Å². The Bertz CT molecular complexity index is 359. The second-order valence-corrected chi connectivity index (χ2v) is 6.25. The highest BCUT2D eigenvalue weighted by molar-refractivity contribution is 7.07. The molecule has 1 aromatic rings. The molecule has 5 heteroatoms. The Hall–Kier alpha value is -0.490. The molecule has 3 heterocycles. The molecule has 1 aromatic heterocycles. The molecule has 0 radical (unpaired) electrons. The first-order valence-corrected chi connectivity index (χ1v) is 7.84. The Kier molecular flexibility index (Phi) is 3.94. The molecule has 1 unspecified atom stereocenters. The summed E-state index contributed by atoms with van der Waals surface area (Å²) in [5.74, 6) is 0. The van der Waals surface area contributed by atoms with Crippen LogP contribution < -0.4 is 5.73 Å². The molecule has 2 saturated heterocycles. The smallest absolute Gasteiger partial charge is 0.0795 e. The van der Waals surface area contributed by atoms with E-state index in [2.05, 4.69) is 20.2 Å². The second-order valence-electron chi connectivity index (χ2n) is 5.53. The van der Waals surface area contributed by atoms with Gasteiger partial charge in [-0.05, 0) is 32.4 Å². The van der Waals surface area contributed by atoms with Gasteiger partial charge in [0.1, 0.15) is 0 Å². The first-order chi connectivity index (χ1) is 8.81. The van der Waals surface area contributed by atoms with Crippen LogP contribution in [0.25, 0.3) is 0 Å². The lowest BCUT2D eigenvalue weighted by atomic mass is 10.0. The van der Waals surface area contributed by atoms with Crippen LogP contribution in [0.1, 0.15) is 25.0 Å². The Labute approximate surface area is 113 Å². The summed E-state index contributed by atoms with van der Waals surface area (Å²) in [5, 5.41) is 2.16. The number of aromatic nitrogens is 1. The SMILES string of the molecule is NC1CCN(C2CCN(Cc3cscn3)C2)CC1.